The van der Waals surface area contributed by atoms with E-state index >= 15 is 0 Å². The highest BCUT2D eigenvalue weighted by atomic mass is 16.5. The molecule has 1 aromatic heterocycles. The van der Waals surface area contributed by atoms with Gasteiger partial charge in [-0.1, -0.05) is 19.1 Å². The van der Waals surface area contributed by atoms with Crippen LogP contribution in [0.2, 0.25) is 0 Å². The molecule has 0 saturated carbocycles. The topological polar surface area (TPSA) is 92.0 Å². The van der Waals surface area contributed by atoms with Crippen LogP contribution in [-0.2, 0) is 11.3 Å². The first-order chi connectivity index (χ1) is 14.0. The second kappa shape index (κ2) is 9.25. The highest BCUT2D eigenvalue weighted by Crippen LogP contribution is 2.24. The zero-order valence-electron chi connectivity index (χ0n) is 16.5. The summed E-state index contributed by atoms with van der Waals surface area (Å²) < 4.78 is 10.5. The molecule has 0 fully saturated rings. The van der Waals surface area contributed by atoms with Gasteiger partial charge in [0.25, 0.3) is 0 Å². The smallest absolute Gasteiger partial charge is 0.336 e. The number of rotatable bonds is 8. The largest absolute Gasteiger partial charge is 0.508 e. The van der Waals surface area contributed by atoms with Crippen molar-refractivity contribution in [2.45, 2.75) is 19.9 Å². The van der Waals surface area contributed by atoms with Crippen LogP contribution in [0.3, 0.4) is 0 Å². The van der Waals surface area contributed by atoms with Gasteiger partial charge in [-0.2, -0.15) is 0 Å². The summed E-state index contributed by atoms with van der Waals surface area (Å²) in [6, 6.07) is 13.3. The number of benzene rings is 2. The van der Waals surface area contributed by atoms with Crippen molar-refractivity contribution in [3.05, 3.63) is 64.5 Å². The van der Waals surface area contributed by atoms with Gasteiger partial charge in [0.1, 0.15) is 17.1 Å². The number of anilines is 1. The van der Waals surface area contributed by atoms with Crippen molar-refractivity contribution in [3.8, 4) is 11.5 Å². The standard InChI is InChI=1S/C22H24N2O5/c1-3-10-24(14-21(26)23-18-6-4-5-7-19(18)28-2)13-15-11-22(27)29-20-12-16(25)8-9-17(15)20/h4-9,11-12,25H,3,10,13-14H2,1-2H3,(H,23,26). The molecular weight excluding hydrogens is 372 g/mol. The fourth-order valence-corrected chi connectivity index (χ4v) is 3.26. The number of methoxy groups -OCH3 is 1. The molecule has 2 aromatic carbocycles. The molecule has 2 N–H and O–H groups in total. The Morgan fingerprint density at radius 1 is 1.21 bits per heavy atom. The third kappa shape index (κ3) is 5.14. The zero-order valence-corrected chi connectivity index (χ0v) is 16.5. The minimum Gasteiger partial charge on any atom is -0.508 e. The molecule has 7 nitrogen and oxygen atoms in total. The van der Waals surface area contributed by atoms with Crippen LogP contribution in [0, 0.1) is 0 Å². The molecule has 0 saturated heterocycles. The lowest BCUT2D eigenvalue weighted by Gasteiger charge is -2.22. The zero-order chi connectivity index (χ0) is 20.8. The van der Waals surface area contributed by atoms with Crippen LogP contribution in [0.25, 0.3) is 11.0 Å². The Bertz CT molecular complexity index is 1060. The minimum atomic E-state index is -0.493. The van der Waals surface area contributed by atoms with Crippen LogP contribution < -0.4 is 15.7 Å². The second-order valence-electron chi connectivity index (χ2n) is 6.73. The maximum Gasteiger partial charge on any atom is 0.336 e. The van der Waals surface area contributed by atoms with Crippen molar-refractivity contribution in [3.63, 3.8) is 0 Å². The number of fused-ring (bicyclic) bond motifs is 1. The normalized spacial score (nSPS) is 11.0. The summed E-state index contributed by atoms with van der Waals surface area (Å²) in [5.74, 6) is 0.446. The lowest BCUT2D eigenvalue weighted by molar-refractivity contribution is -0.117. The van der Waals surface area contributed by atoms with E-state index in [4.69, 9.17) is 9.15 Å². The summed E-state index contributed by atoms with van der Waals surface area (Å²) in [7, 11) is 1.55. The minimum absolute atomic E-state index is 0.0272. The van der Waals surface area contributed by atoms with Crippen LogP contribution in [0.5, 0.6) is 11.5 Å². The number of hydrogen-bond donors (Lipinski definition) is 2. The Morgan fingerprint density at radius 3 is 2.76 bits per heavy atom. The Morgan fingerprint density at radius 2 is 2.00 bits per heavy atom. The number of phenols is 1. The molecule has 0 aliphatic heterocycles. The van der Waals surface area contributed by atoms with Crippen LogP contribution in [-0.4, -0.2) is 36.1 Å². The van der Waals surface area contributed by atoms with Gasteiger partial charge in [-0.25, -0.2) is 4.79 Å². The first-order valence-electron chi connectivity index (χ1n) is 9.41. The number of aromatic hydroxyl groups is 1. The number of nitrogens with one attached hydrogen (secondary N) is 1. The van der Waals surface area contributed by atoms with Gasteiger partial charge in [-0.15, -0.1) is 0 Å². The number of hydrogen-bond acceptors (Lipinski definition) is 6. The molecule has 7 heteroatoms. The Labute approximate surface area is 168 Å². The Hall–Kier alpha value is -3.32. The van der Waals surface area contributed by atoms with Crippen LogP contribution in [0.1, 0.15) is 18.9 Å². The highest BCUT2D eigenvalue weighted by Gasteiger charge is 2.15. The lowest BCUT2D eigenvalue weighted by Crippen LogP contribution is -2.33. The van der Waals surface area contributed by atoms with Gasteiger partial charge in [-0.3, -0.25) is 9.69 Å². The van der Waals surface area contributed by atoms with E-state index in [-0.39, 0.29) is 18.2 Å². The van der Waals surface area contributed by atoms with Crippen LogP contribution in [0.15, 0.2) is 57.7 Å². The van der Waals surface area contributed by atoms with Gasteiger partial charge in [0, 0.05) is 24.1 Å². The van der Waals surface area contributed by atoms with E-state index < -0.39 is 5.63 Å². The third-order valence-corrected chi connectivity index (χ3v) is 4.50. The molecule has 0 spiro atoms. The van der Waals surface area contributed by atoms with Crippen LogP contribution >= 0.6 is 0 Å². The highest BCUT2D eigenvalue weighted by molar-refractivity contribution is 5.93. The molecule has 152 valence electrons. The molecule has 0 bridgehead atoms. The first kappa shape index (κ1) is 20.4. The quantitative estimate of drug-likeness (QED) is 0.567. The monoisotopic (exact) mass is 396 g/mol. The van der Waals surface area contributed by atoms with Gasteiger partial charge in [0.2, 0.25) is 5.91 Å². The average molecular weight is 396 g/mol. The fourth-order valence-electron chi connectivity index (χ4n) is 3.26. The number of ether oxygens (including phenoxy) is 1. The van der Waals surface area contributed by atoms with Gasteiger partial charge < -0.3 is 19.6 Å². The average Bonchev–Trinajstić information content (AvgIpc) is 2.68. The third-order valence-electron chi connectivity index (χ3n) is 4.50. The predicted molar refractivity (Wildman–Crippen MR) is 111 cm³/mol. The van der Waals surface area contributed by atoms with E-state index in [2.05, 4.69) is 5.32 Å². The van der Waals surface area contributed by atoms with E-state index in [0.717, 1.165) is 17.4 Å². The number of nitrogens with zero attached hydrogens (tertiary/aromatic N) is 1. The number of carbonyl (C=O) groups excluding carboxylic acids is 1. The summed E-state index contributed by atoms with van der Waals surface area (Å²) in [6.07, 6.45) is 0.849. The van der Waals surface area contributed by atoms with E-state index in [1.807, 2.05) is 24.0 Å². The summed E-state index contributed by atoms with van der Waals surface area (Å²) >= 11 is 0. The van der Waals surface area contributed by atoms with Crippen molar-refractivity contribution in [1.82, 2.24) is 4.90 Å². The summed E-state index contributed by atoms with van der Waals surface area (Å²) in [5.41, 5.74) is 1.18. The summed E-state index contributed by atoms with van der Waals surface area (Å²) in [5, 5.41) is 13.2. The molecule has 0 radical (unpaired) electrons. The maximum atomic E-state index is 12.6. The van der Waals surface area contributed by atoms with Gasteiger partial charge in [0.15, 0.2) is 0 Å². The van der Waals surface area contributed by atoms with Crippen molar-refractivity contribution in [2.75, 3.05) is 25.5 Å². The van der Waals surface area contributed by atoms with Gasteiger partial charge >= 0.3 is 5.63 Å². The first-order valence-corrected chi connectivity index (χ1v) is 9.41. The van der Waals surface area contributed by atoms with Crippen molar-refractivity contribution >= 4 is 22.6 Å². The molecule has 0 unspecified atom stereocenters. The van der Waals surface area contributed by atoms with Crippen LogP contribution in [0.4, 0.5) is 5.69 Å². The van der Waals surface area contributed by atoms with E-state index in [0.29, 0.717) is 30.1 Å². The molecule has 29 heavy (non-hydrogen) atoms. The predicted octanol–water partition coefficient (Wildman–Crippen LogP) is 3.36. The molecule has 0 aliphatic rings. The summed E-state index contributed by atoms with van der Waals surface area (Å²) in [4.78, 5) is 26.5. The number of amides is 1. The van der Waals surface area contributed by atoms with Crippen molar-refractivity contribution in [1.29, 1.82) is 0 Å². The molecule has 3 aromatic rings. The molecular formula is C22H24N2O5. The SMILES string of the molecule is CCCN(CC(=O)Nc1ccccc1OC)Cc1cc(=O)oc2cc(O)ccc12. The second-order valence-corrected chi connectivity index (χ2v) is 6.73. The number of carbonyl (C=O) groups is 1. The Kier molecular flexibility index (Phi) is 6.51. The van der Waals surface area contributed by atoms with Crippen molar-refractivity contribution < 1.29 is 19.1 Å². The molecule has 0 atom stereocenters. The van der Waals surface area contributed by atoms with E-state index in [9.17, 15) is 14.7 Å². The fraction of sp³-hybridized carbons (Fsp3) is 0.273. The van der Waals surface area contributed by atoms with Gasteiger partial charge in [-0.05, 0) is 42.8 Å². The Balaban J connectivity index is 1.79. The maximum absolute atomic E-state index is 12.6. The molecule has 1 amide bonds. The summed E-state index contributed by atoms with van der Waals surface area (Å²) in [6.45, 7) is 3.27. The van der Waals surface area contributed by atoms with Crippen molar-refractivity contribution in [2.24, 2.45) is 0 Å². The van der Waals surface area contributed by atoms with E-state index in [1.54, 1.807) is 31.4 Å². The number of phenolic OH excluding ortho intramolecular Hbond substituents is 1. The van der Waals surface area contributed by atoms with E-state index in [1.165, 1.54) is 12.1 Å². The number of para-hydroxylation sites is 2. The lowest BCUT2D eigenvalue weighted by atomic mass is 10.1. The molecule has 3 rings (SSSR count). The van der Waals surface area contributed by atoms with Gasteiger partial charge in [0.05, 0.1) is 19.3 Å². The molecule has 0 aliphatic carbocycles. The molecule has 1 heterocycles.